The minimum absolute atomic E-state index is 0.0682. The average molecular weight is 384 g/mol. The lowest BCUT2D eigenvalue weighted by Gasteiger charge is -2.15. The van der Waals surface area contributed by atoms with Gasteiger partial charge in [-0.1, -0.05) is 12.1 Å². The molecule has 2 heterocycles. The molecule has 0 radical (unpaired) electrons. The summed E-state index contributed by atoms with van der Waals surface area (Å²) in [6.07, 6.45) is 4.17. The van der Waals surface area contributed by atoms with Crippen LogP contribution >= 0.6 is 0 Å². The van der Waals surface area contributed by atoms with E-state index in [9.17, 15) is 4.79 Å². The van der Waals surface area contributed by atoms with Crippen LogP contribution in [0.3, 0.4) is 0 Å². The number of aromatic nitrogens is 3. The van der Waals surface area contributed by atoms with Gasteiger partial charge in [-0.2, -0.15) is 0 Å². The molecule has 1 aromatic heterocycles. The molecule has 8 heteroatoms. The smallest absolute Gasteiger partial charge is 0.251 e. The molecule has 150 valence electrons. The fourth-order valence-electron chi connectivity index (χ4n) is 3.31. The van der Waals surface area contributed by atoms with Crippen molar-refractivity contribution in [3.63, 3.8) is 0 Å². The number of benzene rings is 1. The van der Waals surface area contributed by atoms with Gasteiger partial charge in [-0.05, 0) is 43.9 Å². The second kappa shape index (κ2) is 9.87. The topological polar surface area (TPSA) is 96.2 Å². The highest BCUT2D eigenvalue weighted by Gasteiger charge is 2.15. The first kappa shape index (κ1) is 19.9. The fourth-order valence-corrected chi connectivity index (χ4v) is 3.31. The first-order chi connectivity index (χ1) is 13.7. The number of guanidine groups is 1. The Kier molecular flexibility index (Phi) is 7.00. The van der Waals surface area contributed by atoms with Crippen molar-refractivity contribution in [3.05, 3.63) is 47.0 Å². The number of rotatable bonds is 7. The van der Waals surface area contributed by atoms with E-state index in [1.165, 1.54) is 12.8 Å². The Hall–Kier alpha value is -2.90. The van der Waals surface area contributed by atoms with Gasteiger partial charge in [0.1, 0.15) is 12.4 Å². The molecule has 3 N–H and O–H groups in total. The third kappa shape index (κ3) is 5.09. The monoisotopic (exact) mass is 383 g/mol. The van der Waals surface area contributed by atoms with E-state index in [1.54, 1.807) is 7.05 Å². The molecule has 2 aromatic rings. The Labute approximate surface area is 165 Å². The van der Waals surface area contributed by atoms with Crippen LogP contribution < -0.4 is 16.0 Å². The summed E-state index contributed by atoms with van der Waals surface area (Å²) >= 11 is 0. The molecule has 1 amide bonds. The SMILES string of the molecule is CCNC(=NCc1nnc2n1CCCC2)NCCc1cccc(C(=O)NC)c1. The van der Waals surface area contributed by atoms with Gasteiger partial charge in [-0.25, -0.2) is 4.99 Å². The van der Waals surface area contributed by atoms with E-state index >= 15 is 0 Å². The minimum atomic E-state index is -0.0682. The molecule has 0 unspecified atom stereocenters. The number of nitrogens with one attached hydrogen (secondary N) is 3. The molecule has 0 atom stereocenters. The number of aliphatic imine (C=N–C) groups is 1. The maximum absolute atomic E-state index is 11.8. The van der Waals surface area contributed by atoms with E-state index in [4.69, 9.17) is 0 Å². The van der Waals surface area contributed by atoms with Gasteiger partial charge in [-0.15, -0.1) is 10.2 Å². The largest absolute Gasteiger partial charge is 0.357 e. The zero-order valence-corrected chi connectivity index (χ0v) is 16.7. The molecule has 1 aromatic carbocycles. The van der Waals surface area contributed by atoms with Crippen molar-refractivity contribution in [3.8, 4) is 0 Å². The third-order valence-corrected chi connectivity index (χ3v) is 4.78. The molecule has 8 nitrogen and oxygen atoms in total. The molecule has 0 saturated carbocycles. The molecule has 3 rings (SSSR count). The van der Waals surface area contributed by atoms with Gasteiger partial charge in [-0.3, -0.25) is 4.79 Å². The molecule has 0 spiro atoms. The number of hydrogen-bond donors (Lipinski definition) is 3. The molecular weight excluding hydrogens is 354 g/mol. The highest BCUT2D eigenvalue weighted by molar-refractivity contribution is 5.94. The van der Waals surface area contributed by atoms with Crippen molar-refractivity contribution >= 4 is 11.9 Å². The summed E-state index contributed by atoms with van der Waals surface area (Å²) in [4.78, 5) is 16.4. The summed E-state index contributed by atoms with van der Waals surface area (Å²) in [6.45, 7) is 5.05. The Balaban J connectivity index is 1.57. The quantitative estimate of drug-likeness (QED) is 0.494. The summed E-state index contributed by atoms with van der Waals surface area (Å²) < 4.78 is 2.20. The summed E-state index contributed by atoms with van der Waals surface area (Å²) in [5.74, 6) is 2.69. The van der Waals surface area contributed by atoms with Gasteiger partial charge in [0.15, 0.2) is 11.8 Å². The van der Waals surface area contributed by atoms with Crippen molar-refractivity contribution in [1.82, 2.24) is 30.7 Å². The van der Waals surface area contributed by atoms with Crippen molar-refractivity contribution in [2.24, 2.45) is 4.99 Å². The first-order valence-corrected chi connectivity index (χ1v) is 9.95. The van der Waals surface area contributed by atoms with Crippen LogP contribution in [0.1, 0.15) is 47.3 Å². The van der Waals surface area contributed by atoms with E-state index in [2.05, 4.69) is 35.7 Å². The molecule has 0 bridgehead atoms. The van der Waals surface area contributed by atoms with E-state index in [-0.39, 0.29) is 5.91 Å². The first-order valence-electron chi connectivity index (χ1n) is 9.95. The second-order valence-electron chi connectivity index (χ2n) is 6.79. The van der Waals surface area contributed by atoms with Gasteiger partial charge in [0.25, 0.3) is 5.91 Å². The molecule has 0 fully saturated rings. The standard InChI is InChI=1S/C20H29N7O/c1-3-22-20(24-14-18-26-25-17-9-4-5-12-27(17)18)23-11-10-15-7-6-8-16(13-15)19(28)21-2/h6-8,13H,3-5,9-12,14H2,1-2H3,(H,21,28)(H2,22,23,24). The predicted molar refractivity (Wildman–Crippen MR) is 109 cm³/mol. The fraction of sp³-hybridized carbons (Fsp3) is 0.500. The number of nitrogens with zero attached hydrogens (tertiary/aromatic N) is 4. The second-order valence-corrected chi connectivity index (χ2v) is 6.79. The lowest BCUT2D eigenvalue weighted by molar-refractivity contribution is 0.0963. The number of amides is 1. The maximum atomic E-state index is 11.8. The summed E-state index contributed by atoms with van der Waals surface area (Å²) in [6, 6.07) is 7.68. The lowest BCUT2D eigenvalue weighted by atomic mass is 10.1. The van der Waals surface area contributed by atoms with E-state index in [0.29, 0.717) is 12.1 Å². The van der Waals surface area contributed by atoms with Crippen molar-refractivity contribution in [2.45, 2.75) is 45.7 Å². The van der Waals surface area contributed by atoms with Crippen LogP contribution in [-0.2, 0) is 25.9 Å². The lowest BCUT2D eigenvalue weighted by Crippen LogP contribution is -2.38. The number of carbonyl (C=O) groups excluding carboxylic acids is 1. The van der Waals surface area contributed by atoms with Crippen LogP contribution in [0.5, 0.6) is 0 Å². The van der Waals surface area contributed by atoms with E-state index < -0.39 is 0 Å². The van der Waals surface area contributed by atoms with Crippen molar-refractivity contribution in [1.29, 1.82) is 0 Å². The van der Waals surface area contributed by atoms with Crippen LogP contribution in [-0.4, -0.2) is 46.8 Å². The van der Waals surface area contributed by atoms with E-state index in [0.717, 1.165) is 55.6 Å². The summed E-state index contributed by atoms with van der Waals surface area (Å²) in [7, 11) is 1.64. The minimum Gasteiger partial charge on any atom is -0.357 e. The van der Waals surface area contributed by atoms with Gasteiger partial charge in [0.05, 0.1) is 0 Å². The van der Waals surface area contributed by atoms with Gasteiger partial charge in [0, 0.05) is 38.7 Å². The zero-order chi connectivity index (χ0) is 19.8. The van der Waals surface area contributed by atoms with Gasteiger partial charge in [0.2, 0.25) is 0 Å². The Bertz CT molecular complexity index is 828. The molecule has 28 heavy (non-hydrogen) atoms. The summed E-state index contributed by atoms with van der Waals surface area (Å²) in [5, 5.41) is 17.9. The van der Waals surface area contributed by atoms with Gasteiger partial charge >= 0.3 is 0 Å². The normalized spacial score (nSPS) is 13.7. The molecule has 1 aliphatic heterocycles. The molecular formula is C20H29N7O. The van der Waals surface area contributed by atoms with Crippen molar-refractivity contribution < 1.29 is 4.79 Å². The van der Waals surface area contributed by atoms with E-state index in [1.807, 2.05) is 31.2 Å². The summed E-state index contributed by atoms with van der Waals surface area (Å²) in [5.41, 5.74) is 1.79. The average Bonchev–Trinajstić information content (AvgIpc) is 3.15. The Morgan fingerprint density at radius 3 is 2.96 bits per heavy atom. The van der Waals surface area contributed by atoms with Crippen LogP contribution in [0, 0.1) is 0 Å². The molecule has 0 aliphatic carbocycles. The van der Waals surface area contributed by atoms with Crippen LogP contribution in [0.2, 0.25) is 0 Å². The number of hydrogen-bond acceptors (Lipinski definition) is 4. The van der Waals surface area contributed by atoms with Crippen LogP contribution in [0.25, 0.3) is 0 Å². The highest BCUT2D eigenvalue weighted by atomic mass is 16.1. The van der Waals surface area contributed by atoms with Crippen molar-refractivity contribution in [2.75, 3.05) is 20.1 Å². The molecule has 0 saturated heterocycles. The number of fused-ring (bicyclic) bond motifs is 1. The Morgan fingerprint density at radius 1 is 1.25 bits per heavy atom. The maximum Gasteiger partial charge on any atom is 0.251 e. The Morgan fingerprint density at radius 2 is 2.14 bits per heavy atom. The number of carbonyl (C=O) groups is 1. The third-order valence-electron chi connectivity index (χ3n) is 4.78. The zero-order valence-electron chi connectivity index (χ0n) is 16.7. The number of aryl methyl sites for hydroxylation is 1. The predicted octanol–water partition coefficient (Wildman–Crippen LogP) is 1.27. The molecule has 1 aliphatic rings. The van der Waals surface area contributed by atoms with Crippen LogP contribution in [0.15, 0.2) is 29.3 Å². The van der Waals surface area contributed by atoms with Gasteiger partial charge < -0.3 is 20.5 Å². The van der Waals surface area contributed by atoms with Crippen LogP contribution in [0.4, 0.5) is 0 Å². The highest BCUT2D eigenvalue weighted by Crippen LogP contribution is 2.14.